The molecular formula is C40H85N3O. The Labute approximate surface area is 279 Å². The van der Waals surface area contributed by atoms with Crippen molar-refractivity contribution in [1.29, 1.82) is 0 Å². The van der Waals surface area contributed by atoms with E-state index in [2.05, 4.69) is 42.4 Å². The highest BCUT2D eigenvalue weighted by Gasteiger charge is 2.12. The predicted molar refractivity (Wildman–Crippen MR) is 199 cm³/mol. The van der Waals surface area contributed by atoms with Gasteiger partial charge in [0, 0.05) is 32.8 Å². The fourth-order valence-corrected chi connectivity index (χ4v) is 6.48. The average Bonchev–Trinajstić information content (AvgIpc) is 3.03. The first-order valence-electron chi connectivity index (χ1n) is 20.5. The molecule has 266 valence electrons. The molecule has 44 heavy (non-hydrogen) atoms. The van der Waals surface area contributed by atoms with Crippen LogP contribution in [0, 0.1) is 0 Å². The molecule has 0 aliphatic rings. The van der Waals surface area contributed by atoms with E-state index in [0.29, 0.717) is 6.61 Å². The summed E-state index contributed by atoms with van der Waals surface area (Å²) >= 11 is 0. The number of aliphatic hydroxyl groups is 1. The number of unbranched alkanes of at least 4 members (excludes halogenated alkanes) is 21. The molecule has 0 aromatic heterocycles. The highest BCUT2D eigenvalue weighted by atomic mass is 16.2. The van der Waals surface area contributed by atoms with Gasteiger partial charge >= 0.3 is 0 Å². The molecular weight excluding hydrogens is 538 g/mol. The van der Waals surface area contributed by atoms with Gasteiger partial charge < -0.3 is 19.8 Å². The summed E-state index contributed by atoms with van der Waals surface area (Å²) in [6, 6.07) is 0. The summed E-state index contributed by atoms with van der Waals surface area (Å²) < 4.78 is 0. The second kappa shape index (κ2) is 37.3. The zero-order valence-electron chi connectivity index (χ0n) is 31.2. The lowest BCUT2D eigenvalue weighted by Gasteiger charge is -2.30. The third kappa shape index (κ3) is 31.8. The van der Waals surface area contributed by atoms with Crippen molar-refractivity contribution in [2.75, 3.05) is 65.5 Å². The normalized spacial score (nSPS) is 12.0. The summed E-state index contributed by atoms with van der Waals surface area (Å²) in [5.41, 5.74) is 0. The Morgan fingerprint density at radius 3 is 0.705 bits per heavy atom. The van der Waals surface area contributed by atoms with Crippen molar-refractivity contribution in [1.82, 2.24) is 14.7 Å². The van der Waals surface area contributed by atoms with Crippen molar-refractivity contribution < 1.29 is 5.11 Å². The van der Waals surface area contributed by atoms with Crippen LogP contribution >= 0.6 is 0 Å². The summed E-state index contributed by atoms with van der Waals surface area (Å²) in [4.78, 5) is 8.37. The van der Waals surface area contributed by atoms with Crippen molar-refractivity contribution in [3.8, 4) is 0 Å². The summed E-state index contributed by atoms with van der Waals surface area (Å²) in [6.45, 7) is 20.7. The highest BCUT2D eigenvalue weighted by Crippen LogP contribution is 2.12. The summed E-state index contributed by atoms with van der Waals surface area (Å²) in [5, 5.41) is 9.48. The Morgan fingerprint density at radius 1 is 0.250 bits per heavy atom. The number of aliphatic hydroxyl groups excluding tert-OH is 1. The largest absolute Gasteiger partial charge is 0.396 e. The predicted octanol–water partition coefficient (Wildman–Crippen LogP) is 11.1. The smallest absolute Gasteiger partial charge is 0.0431 e. The number of hydrogen-bond acceptors (Lipinski definition) is 4. The van der Waals surface area contributed by atoms with Gasteiger partial charge in [-0.1, -0.05) is 156 Å². The Balaban J connectivity index is 4.94. The molecule has 0 spiro atoms. The Hall–Kier alpha value is -0.160. The van der Waals surface area contributed by atoms with Crippen LogP contribution < -0.4 is 0 Å². The molecule has 0 radical (unpaired) electrons. The number of hydrogen-bond donors (Lipinski definition) is 1. The minimum atomic E-state index is 0.332. The number of nitrogens with zero attached hydrogens (tertiary/aromatic N) is 3. The molecule has 0 heterocycles. The van der Waals surface area contributed by atoms with E-state index in [4.69, 9.17) is 0 Å². The van der Waals surface area contributed by atoms with Gasteiger partial charge in [-0.2, -0.15) is 0 Å². The molecule has 0 saturated heterocycles. The molecule has 4 nitrogen and oxygen atoms in total. The topological polar surface area (TPSA) is 30.0 Å². The van der Waals surface area contributed by atoms with Crippen LogP contribution in [-0.2, 0) is 0 Å². The molecule has 0 saturated carbocycles. The lowest BCUT2D eigenvalue weighted by molar-refractivity contribution is 0.165. The molecule has 1 N–H and O–H groups in total. The summed E-state index contributed by atoms with van der Waals surface area (Å²) in [7, 11) is 0. The quantitative estimate of drug-likeness (QED) is 0.0693. The van der Waals surface area contributed by atoms with E-state index in [1.54, 1.807) is 0 Å². The van der Waals surface area contributed by atoms with Gasteiger partial charge in [0.05, 0.1) is 0 Å². The van der Waals surface area contributed by atoms with Gasteiger partial charge in [0.15, 0.2) is 0 Å². The zero-order valence-corrected chi connectivity index (χ0v) is 31.2. The Kier molecular flexibility index (Phi) is 37.2. The van der Waals surface area contributed by atoms with Gasteiger partial charge in [-0.05, 0) is 71.2 Å². The van der Waals surface area contributed by atoms with Crippen LogP contribution in [0.5, 0.6) is 0 Å². The van der Waals surface area contributed by atoms with Gasteiger partial charge in [-0.15, -0.1) is 0 Å². The van der Waals surface area contributed by atoms with E-state index in [1.807, 2.05) is 0 Å². The summed E-state index contributed by atoms with van der Waals surface area (Å²) in [6.07, 6.45) is 35.4. The molecule has 0 aromatic carbocycles. The van der Waals surface area contributed by atoms with Crippen molar-refractivity contribution in [2.45, 2.75) is 195 Å². The molecule has 0 aliphatic carbocycles. The lowest BCUT2D eigenvalue weighted by atomic mass is 10.1. The van der Waals surface area contributed by atoms with Crippen molar-refractivity contribution in [3.05, 3.63) is 0 Å². The van der Waals surface area contributed by atoms with Crippen molar-refractivity contribution >= 4 is 0 Å². The first-order chi connectivity index (χ1) is 21.7. The highest BCUT2D eigenvalue weighted by molar-refractivity contribution is 4.69. The van der Waals surface area contributed by atoms with E-state index < -0.39 is 0 Å². The standard InChI is InChI=1S/C40H85N3O/c1-5-9-13-17-21-25-31-41(32-26-22-18-14-10-6-2)36-38-43(35-29-30-40-44)39-37-42(33-27-23-19-15-11-7-3)34-28-24-20-16-12-8-4/h44H,5-40H2,1-4H3. The van der Waals surface area contributed by atoms with Crippen molar-refractivity contribution in [2.24, 2.45) is 0 Å². The first-order valence-corrected chi connectivity index (χ1v) is 20.5. The van der Waals surface area contributed by atoms with E-state index >= 15 is 0 Å². The average molecular weight is 624 g/mol. The molecule has 0 aliphatic heterocycles. The maximum Gasteiger partial charge on any atom is 0.0431 e. The van der Waals surface area contributed by atoms with Gasteiger partial charge in [0.25, 0.3) is 0 Å². The molecule has 0 atom stereocenters. The van der Waals surface area contributed by atoms with E-state index in [1.165, 1.54) is 206 Å². The van der Waals surface area contributed by atoms with Gasteiger partial charge in [0.1, 0.15) is 0 Å². The van der Waals surface area contributed by atoms with E-state index in [9.17, 15) is 5.11 Å². The number of rotatable bonds is 38. The van der Waals surface area contributed by atoms with Crippen LogP contribution in [0.25, 0.3) is 0 Å². The maximum absolute atomic E-state index is 9.48. The molecule has 0 rings (SSSR count). The second-order valence-corrected chi connectivity index (χ2v) is 14.0. The maximum atomic E-state index is 9.48. The van der Waals surface area contributed by atoms with Crippen LogP contribution in [0.4, 0.5) is 0 Å². The van der Waals surface area contributed by atoms with Crippen LogP contribution in [0.3, 0.4) is 0 Å². The Bertz CT molecular complexity index is 445. The molecule has 0 unspecified atom stereocenters. The zero-order chi connectivity index (χ0) is 32.2. The van der Waals surface area contributed by atoms with Gasteiger partial charge in [0.2, 0.25) is 0 Å². The van der Waals surface area contributed by atoms with Crippen molar-refractivity contribution in [3.63, 3.8) is 0 Å². The third-order valence-corrected chi connectivity index (χ3v) is 9.66. The fourth-order valence-electron chi connectivity index (χ4n) is 6.48. The van der Waals surface area contributed by atoms with Crippen LogP contribution in [-0.4, -0.2) is 85.3 Å². The minimum Gasteiger partial charge on any atom is -0.396 e. The van der Waals surface area contributed by atoms with Crippen LogP contribution in [0.1, 0.15) is 195 Å². The lowest BCUT2D eigenvalue weighted by Crippen LogP contribution is -2.41. The third-order valence-electron chi connectivity index (χ3n) is 9.66. The van der Waals surface area contributed by atoms with Crippen LogP contribution in [0.2, 0.25) is 0 Å². The van der Waals surface area contributed by atoms with E-state index in [0.717, 1.165) is 19.4 Å². The summed E-state index contributed by atoms with van der Waals surface area (Å²) in [5.74, 6) is 0. The van der Waals surface area contributed by atoms with E-state index in [-0.39, 0.29) is 0 Å². The monoisotopic (exact) mass is 624 g/mol. The van der Waals surface area contributed by atoms with Crippen LogP contribution in [0.15, 0.2) is 0 Å². The Morgan fingerprint density at radius 2 is 0.455 bits per heavy atom. The first kappa shape index (κ1) is 43.8. The molecule has 0 amide bonds. The molecule has 0 fully saturated rings. The van der Waals surface area contributed by atoms with Gasteiger partial charge in [-0.3, -0.25) is 0 Å². The second-order valence-electron chi connectivity index (χ2n) is 14.0. The molecule has 4 heteroatoms. The SMILES string of the molecule is CCCCCCCCN(CCCCCCCC)CCN(CCCCO)CCN(CCCCCCCC)CCCCCCCC. The molecule has 0 aromatic rings. The molecule has 0 bridgehead atoms. The van der Waals surface area contributed by atoms with Gasteiger partial charge in [-0.25, -0.2) is 0 Å². The fraction of sp³-hybridized carbons (Fsp3) is 1.00. The minimum absolute atomic E-state index is 0.332.